The number of hydrogen-bond acceptors (Lipinski definition) is 6. The molecule has 3 saturated heterocycles. The highest BCUT2D eigenvalue weighted by Gasteiger charge is 2.51. The second-order valence-electron chi connectivity index (χ2n) is 8.40. The van der Waals surface area contributed by atoms with E-state index in [4.69, 9.17) is 9.47 Å². The van der Waals surface area contributed by atoms with Crippen LogP contribution in [-0.4, -0.2) is 57.7 Å². The third-order valence-corrected chi connectivity index (χ3v) is 7.69. The number of carbonyl (C=O) groups is 1. The molecule has 0 spiro atoms. The van der Waals surface area contributed by atoms with Gasteiger partial charge in [0.25, 0.3) is 5.91 Å². The highest BCUT2D eigenvalue weighted by atomic mass is 32.2. The minimum Gasteiger partial charge on any atom is -0.489 e. The van der Waals surface area contributed by atoms with Gasteiger partial charge in [-0.25, -0.2) is 4.98 Å². The van der Waals surface area contributed by atoms with Gasteiger partial charge in [-0.3, -0.25) is 4.79 Å². The molecule has 2 unspecified atom stereocenters. The van der Waals surface area contributed by atoms with E-state index in [9.17, 15) is 9.90 Å². The van der Waals surface area contributed by atoms with Crippen LogP contribution >= 0.6 is 11.8 Å². The molecule has 158 valence electrons. The maximum Gasteiger partial charge on any atom is 0.254 e. The van der Waals surface area contributed by atoms with Crippen molar-refractivity contribution in [1.82, 2.24) is 9.88 Å². The van der Waals surface area contributed by atoms with Crippen LogP contribution < -0.4 is 9.47 Å². The molecule has 0 saturated carbocycles. The minimum absolute atomic E-state index is 0.00842. The van der Waals surface area contributed by atoms with Crippen LogP contribution in [0.2, 0.25) is 0 Å². The summed E-state index contributed by atoms with van der Waals surface area (Å²) in [6.07, 6.45) is 4.76. The Kier molecular flexibility index (Phi) is 5.11. The van der Waals surface area contributed by atoms with Crippen molar-refractivity contribution in [2.75, 3.05) is 18.6 Å². The lowest BCUT2D eigenvalue weighted by Gasteiger charge is -2.44. The number of ether oxygens (including phenoxy) is 2. The van der Waals surface area contributed by atoms with E-state index >= 15 is 0 Å². The van der Waals surface area contributed by atoms with Gasteiger partial charge in [0.2, 0.25) is 5.88 Å². The fraction of sp³-hybridized carbons (Fsp3) is 0.478. The number of hydrogen-bond donors (Lipinski definition) is 1. The molecule has 1 N–H and O–H groups in total. The summed E-state index contributed by atoms with van der Waals surface area (Å²) in [7, 11) is 1.57. The summed E-state index contributed by atoms with van der Waals surface area (Å²) in [6, 6.07) is 11.2. The highest BCUT2D eigenvalue weighted by molar-refractivity contribution is 8.00. The average molecular weight is 427 g/mol. The monoisotopic (exact) mass is 426 g/mol. The number of pyridine rings is 1. The first kappa shape index (κ1) is 19.7. The van der Waals surface area contributed by atoms with Crippen LogP contribution in [0.4, 0.5) is 0 Å². The molecule has 2 bridgehead atoms. The Balaban J connectivity index is 1.33. The van der Waals surface area contributed by atoms with E-state index in [1.807, 2.05) is 53.1 Å². The van der Waals surface area contributed by atoms with Crippen LogP contribution in [0.1, 0.15) is 41.6 Å². The number of benzene rings is 1. The molecular formula is C23H26N2O4S. The van der Waals surface area contributed by atoms with Crippen molar-refractivity contribution < 1.29 is 19.4 Å². The standard InChI is InChI=1S/C23H26N2O4S/c1-28-21-20(3-2-10-24-21)23(27)11-16-6-7-17(12-23)25(16)22(26)15-4-8-18(9-5-15)29-19-13-30-14-19/h2-5,8-10,16-17,19,27H,6-7,11-14H2,1H3. The number of carbonyl (C=O) groups excluding carboxylic acids is 1. The van der Waals surface area contributed by atoms with E-state index in [1.54, 1.807) is 13.3 Å². The number of aromatic nitrogens is 1. The molecule has 6 nitrogen and oxygen atoms in total. The Labute approximate surface area is 180 Å². The first-order chi connectivity index (χ1) is 14.6. The van der Waals surface area contributed by atoms with Crippen molar-refractivity contribution in [3.63, 3.8) is 0 Å². The second kappa shape index (κ2) is 7.78. The molecule has 4 heterocycles. The molecule has 3 fully saturated rings. The first-order valence-electron chi connectivity index (χ1n) is 10.5. The second-order valence-corrected chi connectivity index (χ2v) is 9.47. The summed E-state index contributed by atoms with van der Waals surface area (Å²) in [5.74, 6) is 3.37. The lowest BCUT2D eigenvalue weighted by atomic mass is 9.80. The zero-order valence-corrected chi connectivity index (χ0v) is 17.8. The number of piperidine rings is 1. The molecule has 1 aromatic heterocycles. The zero-order valence-electron chi connectivity index (χ0n) is 17.0. The van der Waals surface area contributed by atoms with Crippen molar-refractivity contribution in [2.45, 2.75) is 49.5 Å². The van der Waals surface area contributed by atoms with Gasteiger partial charge in [0.05, 0.1) is 12.7 Å². The summed E-state index contributed by atoms with van der Waals surface area (Å²) in [5.41, 5.74) is 0.361. The lowest BCUT2D eigenvalue weighted by Crippen LogP contribution is -2.52. The number of rotatable bonds is 5. The number of aliphatic hydroxyl groups is 1. The molecule has 30 heavy (non-hydrogen) atoms. The van der Waals surface area contributed by atoms with Crippen LogP contribution in [0.5, 0.6) is 11.6 Å². The number of nitrogens with zero attached hydrogens (tertiary/aromatic N) is 2. The van der Waals surface area contributed by atoms with Gasteiger partial charge in [-0.2, -0.15) is 11.8 Å². The van der Waals surface area contributed by atoms with Crippen molar-refractivity contribution >= 4 is 17.7 Å². The number of fused-ring (bicyclic) bond motifs is 2. The molecule has 1 amide bonds. The fourth-order valence-corrected chi connectivity index (χ4v) is 5.55. The van der Waals surface area contributed by atoms with E-state index in [1.165, 1.54) is 0 Å². The van der Waals surface area contributed by atoms with Gasteiger partial charge in [-0.15, -0.1) is 0 Å². The molecular weight excluding hydrogens is 400 g/mol. The van der Waals surface area contributed by atoms with Gasteiger partial charge in [0.15, 0.2) is 0 Å². The fourth-order valence-electron chi connectivity index (χ4n) is 4.98. The Hall–Kier alpha value is -2.25. The summed E-state index contributed by atoms with van der Waals surface area (Å²) < 4.78 is 11.3. The summed E-state index contributed by atoms with van der Waals surface area (Å²) >= 11 is 1.88. The average Bonchev–Trinajstić information content (AvgIpc) is 3.02. The third kappa shape index (κ3) is 3.44. The zero-order chi connectivity index (χ0) is 20.7. The van der Waals surface area contributed by atoms with Gasteiger partial charge in [-0.1, -0.05) is 0 Å². The predicted octanol–water partition coefficient (Wildman–Crippen LogP) is 3.24. The smallest absolute Gasteiger partial charge is 0.254 e. The van der Waals surface area contributed by atoms with Crippen molar-refractivity contribution in [3.8, 4) is 11.6 Å². The molecule has 5 rings (SSSR count). The first-order valence-corrected chi connectivity index (χ1v) is 11.6. The topological polar surface area (TPSA) is 71.9 Å². The Morgan fingerprint density at radius 1 is 1.17 bits per heavy atom. The van der Waals surface area contributed by atoms with Crippen LogP contribution in [-0.2, 0) is 5.60 Å². The van der Waals surface area contributed by atoms with E-state index in [0.717, 1.165) is 30.1 Å². The molecule has 7 heteroatoms. The van der Waals surface area contributed by atoms with Crippen LogP contribution in [0.25, 0.3) is 0 Å². The maximum atomic E-state index is 13.3. The third-order valence-electron chi connectivity index (χ3n) is 6.48. The molecule has 1 aromatic carbocycles. The van der Waals surface area contributed by atoms with Gasteiger partial charge in [0.1, 0.15) is 11.9 Å². The van der Waals surface area contributed by atoms with E-state index in [-0.39, 0.29) is 24.1 Å². The molecule has 2 aromatic rings. The Bertz CT molecular complexity index is 917. The highest BCUT2D eigenvalue weighted by Crippen LogP contribution is 2.47. The normalized spacial score (nSPS) is 28.1. The SMILES string of the molecule is COc1ncccc1C1(O)CC2CCC(C1)N2C(=O)c1ccc(OC2CSC2)cc1. The Morgan fingerprint density at radius 2 is 1.87 bits per heavy atom. The summed E-state index contributed by atoms with van der Waals surface area (Å²) in [5, 5.41) is 11.5. The van der Waals surface area contributed by atoms with Crippen LogP contribution in [0, 0.1) is 0 Å². The quantitative estimate of drug-likeness (QED) is 0.792. The number of thioether (sulfide) groups is 1. The molecule has 0 aliphatic carbocycles. The van der Waals surface area contributed by atoms with Gasteiger partial charge >= 0.3 is 0 Å². The maximum absolute atomic E-state index is 13.3. The minimum atomic E-state index is -1.03. The summed E-state index contributed by atoms with van der Waals surface area (Å²) in [6.45, 7) is 0. The molecule has 0 radical (unpaired) electrons. The van der Waals surface area contributed by atoms with Crippen molar-refractivity contribution in [1.29, 1.82) is 0 Å². The van der Waals surface area contributed by atoms with E-state index in [0.29, 0.717) is 29.8 Å². The van der Waals surface area contributed by atoms with E-state index < -0.39 is 5.60 Å². The van der Waals surface area contributed by atoms with Crippen LogP contribution in [0.3, 0.4) is 0 Å². The van der Waals surface area contributed by atoms with Gasteiger partial charge in [0, 0.05) is 53.8 Å². The Morgan fingerprint density at radius 3 is 2.47 bits per heavy atom. The predicted molar refractivity (Wildman–Crippen MR) is 115 cm³/mol. The van der Waals surface area contributed by atoms with Crippen molar-refractivity contribution in [3.05, 3.63) is 53.7 Å². The number of methoxy groups -OCH3 is 1. The van der Waals surface area contributed by atoms with Crippen molar-refractivity contribution in [2.24, 2.45) is 0 Å². The molecule has 2 atom stereocenters. The van der Waals surface area contributed by atoms with E-state index in [2.05, 4.69) is 4.98 Å². The lowest BCUT2D eigenvalue weighted by molar-refractivity contribution is -0.0494. The van der Waals surface area contributed by atoms with Crippen LogP contribution in [0.15, 0.2) is 42.6 Å². The molecule has 3 aliphatic heterocycles. The molecule has 3 aliphatic rings. The number of amides is 1. The summed E-state index contributed by atoms with van der Waals surface area (Å²) in [4.78, 5) is 19.5. The largest absolute Gasteiger partial charge is 0.489 e. The van der Waals surface area contributed by atoms with Gasteiger partial charge < -0.3 is 19.5 Å². The van der Waals surface area contributed by atoms with Gasteiger partial charge in [-0.05, 0) is 49.2 Å².